The Kier molecular flexibility index (Phi) is 6.12. The maximum Gasteiger partial charge on any atom is 0.00654 e. The lowest BCUT2D eigenvalue weighted by molar-refractivity contribution is 0.342. The molecule has 0 saturated carbocycles. The van der Waals surface area contributed by atoms with Gasteiger partial charge in [0, 0.05) is 5.33 Å². The van der Waals surface area contributed by atoms with Gasteiger partial charge in [0.05, 0.1) is 0 Å². The van der Waals surface area contributed by atoms with Crippen LogP contribution in [0.3, 0.4) is 0 Å². The van der Waals surface area contributed by atoms with E-state index in [2.05, 4.69) is 61.0 Å². The van der Waals surface area contributed by atoms with Crippen LogP contribution in [-0.4, -0.2) is 5.33 Å². The van der Waals surface area contributed by atoms with E-state index < -0.39 is 0 Å². The number of hydrogen-bond acceptors (Lipinski definition) is 0. The maximum absolute atomic E-state index is 3.67. The summed E-state index contributed by atoms with van der Waals surface area (Å²) in [7, 11) is 0. The third kappa shape index (κ3) is 3.93. The molecular weight excluding hydrogens is 260 g/mol. The van der Waals surface area contributed by atoms with Gasteiger partial charge in [0.2, 0.25) is 0 Å². The summed E-state index contributed by atoms with van der Waals surface area (Å²) in [5, 5.41) is 1.12. The molecule has 0 spiro atoms. The number of aryl methyl sites for hydroxylation is 1. The Morgan fingerprint density at radius 3 is 2.00 bits per heavy atom. The zero-order valence-corrected chi connectivity index (χ0v) is 12.3. The highest BCUT2D eigenvalue weighted by Gasteiger charge is 2.17. The van der Waals surface area contributed by atoms with Gasteiger partial charge in [-0.05, 0) is 30.7 Å². The van der Waals surface area contributed by atoms with Crippen molar-refractivity contribution in [3.8, 4) is 0 Å². The first-order valence-corrected chi connectivity index (χ1v) is 7.44. The molecule has 16 heavy (non-hydrogen) atoms. The lowest BCUT2D eigenvalue weighted by atomic mass is 9.85. The lowest BCUT2D eigenvalue weighted by Gasteiger charge is -2.23. The van der Waals surface area contributed by atoms with E-state index in [1.807, 2.05) is 0 Å². The number of benzene rings is 1. The van der Waals surface area contributed by atoms with E-state index in [4.69, 9.17) is 0 Å². The van der Waals surface area contributed by atoms with Gasteiger partial charge in [0.15, 0.2) is 0 Å². The van der Waals surface area contributed by atoms with E-state index in [0.717, 1.165) is 17.2 Å². The second kappa shape index (κ2) is 7.11. The van der Waals surface area contributed by atoms with Gasteiger partial charge in [-0.2, -0.15) is 0 Å². The van der Waals surface area contributed by atoms with E-state index >= 15 is 0 Å². The summed E-state index contributed by atoms with van der Waals surface area (Å²) in [6.45, 7) is 6.75. The van der Waals surface area contributed by atoms with E-state index in [1.165, 1.54) is 30.4 Å². The fraction of sp³-hybridized carbons (Fsp3) is 0.600. The molecule has 0 fully saturated rings. The summed E-state index contributed by atoms with van der Waals surface area (Å²) in [4.78, 5) is 0. The van der Waals surface area contributed by atoms with Crippen molar-refractivity contribution in [2.24, 2.45) is 11.8 Å². The van der Waals surface area contributed by atoms with Gasteiger partial charge in [-0.1, -0.05) is 72.4 Å². The van der Waals surface area contributed by atoms with Crippen molar-refractivity contribution in [2.45, 2.75) is 40.0 Å². The van der Waals surface area contributed by atoms with Gasteiger partial charge in [0.25, 0.3) is 0 Å². The molecule has 1 aromatic carbocycles. The third-order valence-corrected chi connectivity index (χ3v) is 4.36. The van der Waals surface area contributed by atoms with Crippen molar-refractivity contribution in [3.63, 3.8) is 0 Å². The second-order valence-electron chi connectivity index (χ2n) is 4.68. The quantitative estimate of drug-likeness (QED) is 0.645. The first-order valence-electron chi connectivity index (χ1n) is 6.32. The van der Waals surface area contributed by atoms with Crippen LogP contribution in [0.1, 0.15) is 37.8 Å². The molecule has 1 heteroatoms. The van der Waals surface area contributed by atoms with E-state index in [-0.39, 0.29) is 0 Å². The van der Waals surface area contributed by atoms with Crippen LogP contribution in [0, 0.1) is 18.8 Å². The first-order chi connectivity index (χ1) is 7.71. The predicted octanol–water partition coefficient (Wildman–Crippen LogP) is 4.98. The summed E-state index contributed by atoms with van der Waals surface area (Å²) >= 11 is 3.67. The minimum absolute atomic E-state index is 0.776. The molecule has 1 aromatic rings. The lowest BCUT2D eigenvalue weighted by Crippen LogP contribution is -2.17. The molecule has 0 amide bonds. The van der Waals surface area contributed by atoms with Crippen LogP contribution in [0.25, 0.3) is 0 Å². The Labute approximate surface area is 109 Å². The molecule has 1 rings (SSSR count). The van der Waals surface area contributed by atoms with E-state index in [9.17, 15) is 0 Å². The Morgan fingerprint density at radius 2 is 1.56 bits per heavy atom. The molecule has 0 heterocycles. The van der Waals surface area contributed by atoms with Crippen LogP contribution >= 0.6 is 15.9 Å². The average molecular weight is 283 g/mol. The van der Waals surface area contributed by atoms with Crippen LogP contribution in [0.5, 0.6) is 0 Å². The number of alkyl halides is 1. The molecule has 1 atom stereocenters. The molecule has 0 radical (unpaired) electrons. The molecular formula is C15H23Br. The smallest absolute Gasteiger partial charge is 0.00654 e. The predicted molar refractivity (Wildman–Crippen MR) is 76.2 cm³/mol. The van der Waals surface area contributed by atoms with Gasteiger partial charge in [0.1, 0.15) is 0 Å². The molecule has 1 unspecified atom stereocenters. The normalized spacial score (nSPS) is 13.1. The minimum atomic E-state index is 0.776. The summed E-state index contributed by atoms with van der Waals surface area (Å²) in [5.41, 5.74) is 2.82. The maximum atomic E-state index is 3.67. The van der Waals surface area contributed by atoms with Crippen LogP contribution in [0.4, 0.5) is 0 Å². The van der Waals surface area contributed by atoms with Gasteiger partial charge < -0.3 is 0 Å². The summed E-state index contributed by atoms with van der Waals surface area (Å²) in [6.07, 6.45) is 3.79. The number of hydrogen-bond donors (Lipinski definition) is 0. The topological polar surface area (TPSA) is 0 Å². The summed E-state index contributed by atoms with van der Waals surface area (Å²) in [6, 6.07) is 8.97. The summed E-state index contributed by atoms with van der Waals surface area (Å²) < 4.78 is 0. The molecule has 0 aliphatic rings. The fourth-order valence-corrected chi connectivity index (χ4v) is 3.09. The zero-order valence-electron chi connectivity index (χ0n) is 10.7. The standard InChI is InChI=1S/C15H23Br/c1-4-14(5-2)15(11-16)10-13-8-6-12(3)7-9-13/h6-9,14-15H,4-5,10-11H2,1-3H3. The molecule has 0 aromatic heterocycles. The molecule has 90 valence electrons. The van der Waals surface area contributed by atoms with Crippen molar-refractivity contribution in [3.05, 3.63) is 35.4 Å². The van der Waals surface area contributed by atoms with E-state index in [0.29, 0.717) is 0 Å². The van der Waals surface area contributed by atoms with Crippen molar-refractivity contribution < 1.29 is 0 Å². The molecule has 0 nitrogen and oxygen atoms in total. The molecule has 0 aliphatic carbocycles. The van der Waals surface area contributed by atoms with Crippen molar-refractivity contribution in [1.29, 1.82) is 0 Å². The monoisotopic (exact) mass is 282 g/mol. The number of rotatable bonds is 6. The Bertz CT molecular complexity index is 285. The first kappa shape index (κ1) is 13.8. The highest BCUT2D eigenvalue weighted by Crippen LogP contribution is 2.25. The highest BCUT2D eigenvalue weighted by molar-refractivity contribution is 9.09. The number of halogens is 1. The Hall–Kier alpha value is -0.300. The fourth-order valence-electron chi connectivity index (χ4n) is 2.33. The van der Waals surface area contributed by atoms with Crippen LogP contribution in [0.15, 0.2) is 24.3 Å². The van der Waals surface area contributed by atoms with E-state index in [1.54, 1.807) is 0 Å². The van der Waals surface area contributed by atoms with Crippen molar-refractivity contribution in [1.82, 2.24) is 0 Å². The second-order valence-corrected chi connectivity index (χ2v) is 5.33. The Balaban J connectivity index is 2.65. The molecule has 0 N–H and O–H groups in total. The highest BCUT2D eigenvalue weighted by atomic mass is 79.9. The average Bonchev–Trinajstić information content (AvgIpc) is 2.32. The van der Waals surface area contributed by atoms with Gasteiger partial charge in [-0.3, -0.25) is 0 Å². The Morgan fingerprint density at radius 1 is 1.00 bits per heavy atom. The third-order valence-electron chi connectivity index (χ3n) is 3.53. The van der Waals surface area contributed by atoms with Gasteiger partial charge >= 0.3 is 0 Å². The van der Waals surface area contributed by atoms with Gasteiger partial charge in [-0.25, -0.2) is 0 Å². The molecule has 0 bridgehead atoms. The summed E-state index contributed by atoms with van der Waals surface area (Å²) in [5.74, 6) is 1.62. The van der Waals surface area contributed by atoms with Gasteiger partial charge in [-0.15, -0.1) is 0 Å². The largest absolute Gasteiger partial charge is 0.0925 e. The minimum Gasteiger partial charge on any atom is -0.0925 e. The van der Waals surface area contributed by atoms with Crippen LogP contribution < -0.4 is 0 Å². The molecule has 0 saturated heterocycles. The van der Waals surface area contributed by atoms with Crippen molar-refractivity contribution >= 4 is 15.9 Å². The SMILES string of the molecule is CCC(CC)C(CBr)Cc1ccc(C)cc1. The van der Waals surface area contributed by atoms with Crippen molar-refractivity contribution in [2.75, 3.05) is 5.33 Å². The van der Waals surface area contributed by atoms with Crippen LogP contribution in [0.2, 0.25) is 0 Å². The molecule has 0 aliphatic heterocycles. The zero-order chi connectivity index (χ0) is 12.0. The van der Waals surface area contributed by atoms with Crippen LogP contribution in [-0.2, 0) is 6.42 Å².